The van der Waals surface area contributed by atoms with Gasteiger partial charge >= 0.3 is 0 Å². The molecule has 3 nitrogen and oxygen atoms in total. The number of ether oxygens (including phenoxy) is 1. The summed E-state index contributed by atoms with van der Waals surface area (Å²) in [6.07, 6.45) is 0. The Morgan fingerprint density at radius 3 is 2.81 bits per heavy atom. The van der Waals surface area contributed by atoms with E-state index in [1.807, 2.05) is 11.9 Å². The lowest BCUT2D eigenvalue weighted by molar-refractivity contribution is 0.192. The quantitative estimate of drug-likeness (QED) is 0.832. The first-order valence-electron chi connectivity index (χ1n) is 5.00. The molecule has 0 heterocycles. The van der Waals surface area contributed by atoms with Gasteiger partial charge in [0.25, 0.3) is 0 Å². The normalized spacial score (nSPS) is 10.8. The van der Waals surface area contributed by atoms with Crippen molar-refractivity contribution in [3.63, 3.8) is 0 Å². The van der Waals surface area contributed by atoms with Gasteiger partial charge in [0.1, 0.15) is 18.2 Å². The minimum Gasteiger partial charge on any atom is -0.491 e. The Bertz CT molecular complexity index is 336. The summed E-state index contributed by atoms with van der Waals surface area (Å²) in [5.74, 6) is 0.0928. The van der Waals surface area contributed by atoms with Gasteiger partial charge in [-0.15, -0.1) is 0 Å². The van der Waals surface area contributed by atoms with Gasteiger partial charge in [0.2, 0.25) is 0 Å². The first-order chi connectivity index (χ1) is 7.63. The molecule has 1 aromatic carbocycles. The van der Waals surface area contributed by atoms with Gasteiger partial charge in [-0.25, -0.2) is 4.39 Å². The van der Waals surface area contributed by atoms with E-state index in [1.165, 1.54) is 18.2 Å². The molecule has 5 heteroatoms. The predicted octanol–water partition coefficient (Wildman–Crippen LogP) is 1.78. The summed E-state index contributed by atoms with van der Waals surface area (Å²) in [6, 6.07) is 4.02. The Hall–Kier alpha value is -0.840. The summed E-state index contributed by atoms with van der Waals surface area (Å²) in [6.45, 7) is 1.84. The molecule has 1 rings (SSSR count). The van der Waals surface area contributed by atoms with Crippen LogP contribution in [-0.2, 0) is 0 Å². The van der Waals surface area contributed by atoms with Gasteiger partial charge < -0.3 is 14.7 Å². The van der Waals surface area contributed by atoms with Gasteiger partial charge in [0, 0.05) is 13.1 Å². The monoisotopic (exact) mass is 247 g/mol. The maximum absolute atomic E-state index is 12.7. The van der Waals surface area contributed by atoms with Crippen LogP contribution in [0.1, 0.15) is 0 Å². The zero-order valence-electron chi connectivity index (χ0n) is 9.12. The average Bonchev–Trinajstić information content (AvgIpc) is 2.22. The fourth-order valence-corrected chi connectivity index (χ4v) is 1.41. The number of benzene rings is 1. The smallest absolute Gasteiger partial charge is 0.138 e. The van der Waals surface area contributed by atoms with Crippen molar-refractivity contribution in [2.24, 2.45) is 0 Å². The van der Waals surface area contributed by atoms with Crippen molar-refractivity contribution in [1.82, 2.24) is 4.90 Å². The number of halogens is 2. The first-order valence-corrected chi connectivity index (χ1v) is 5.38. The topological polar surface area (TPSA) is 32.7 Å². The summed E-state index contributed by atoms with van der Waals surface area (Å²) in [5, 5.41) is 8.95. The molecule has 0 unspecified atom stereocenters. The molecule has 0 atom stereocenters. The average molecular weight is 248 g/mol. The molecule has 1 aromatic rings. The second kappa shape index (κ2) is 6.68. The highest BCUT2D eigenvalue weighted by Gasteiger charge is 2.03. The molecular weight excluding hydrogens is 233 g/mol. The van der Waals surface area contributed by atoms with E-state index in [0.717, 1.165) is 0 Å². The Kier molecular flexibility index (Phi) is 5.52. The van der Waals surface area contributed by atoms with Crippen LogP contribution in [0.4, 0.5) is 4.39 Å². The minimum absolute atomic E-state index is 0.119. The largest absolute Gasteiger partial charge is 0.491 e. The molecule has 0 aromatic heterocycles. The van der Waals surface area contributed by atoms with Crippen LogP contribution in [0.2, 0.25) is 5.02 Å². The number of aliphatic hydroxyl groups excluding tert-OH is 1. The second-order valence-corrected chi connectivity index (χ2v) is 3.86. The fraction of sp³-hybridized carbons (Fsp3) is 0.455. The van der Waals surface area contributed by atoms with E-state index >= 15 is 0 Å². The lowest BCUT2D eigenvalue weighted by Crippen LogP contribution is -2.27. The lowest BCUT2D eigenvalue weighted by atomic mass is 10.3. The van der Waals surface area contributed by atoms with Gasteiger partial charge in [0.15, 0.2) is 0 Å². The molecular formula is C11H15ClFNO2. The third-order valence-corrected chi connectivity index (χ3v) is 2.40. The van der Waals surface area contributed by atoms with Crippen molar-refractivity contribution in [3.05, 3.63) is 29.0 Å². The highest BCUT2D eigenvalue weighted by atomic mass is 35.5. The van der Waals surface area contributed by atoms with Gasteiger partial charge in [-0.1, -0.05) is 11.6 Å². The zero-order valence-corrected chi connectivity index (χ0v) is 9.88. The molecule has 16 heavy (non-hydrogen) atoms. The van der Waals surface area contributed by atoms with E-state index in [-0.39, 0.29) is 17.4 Å². The fourth-order valence-electron chi connectivity index (χ4n) is 1.19. The van der Waals surface area contributed by atoms with Crippen LogP contribution in [0.25, 0.3) is 0 Å². The SMILES string of the molecule is CN(CCO)CCOc1ccc(F)cc1Cl. The Balaban J connectivity index is 2.37. The standard InChI is InChI=1S/C11H15ClFNO2/c1-14(4-6-15)5-7-16-11-3-2-9(13)8-10(11)12/h2-3,8,15H,4-7H2,1H3. The number of hydrogen-bond donors (Lipinski definition) is 1. The molecule has 90 valence electrons. The van der Waals surface area contributed by atoms with Crippen LogP contribution in [-0.4, -0.2) is 43.4 Å². The number of nitrogens with zero attached hydrogens (tertiary/aromatic N) is 1. The van der Waals surface area contributed by atoms with Crippen molar-refractivity contribution < 1.29 is 14.2 Å². The van der Waals surface area contributed by atoms with Crippen LogP contribution in [0.15, 0.2) is 18.2 Å². The summed E-state index contributed by atoms with van der Waals surface area (Å²) >= 11 is 5.79. The van der Waals surface area contributed by atoms with Crippen molar-refractivity contribution in [2.45, 2.75) is 0 Å². The number of aliphatic hydroxyl groups is 1. The number of likely N-dealkylation sites (N-methyl/N-ethyl adjacent to an activating group) is 1. The number of rotatable bonds is 6. The Labute approximate surface area is 99.4 Å². The predicted molar refractivity (Wildman–Crippen MR) is 61.5 cm³/mol. The molecule has 0 fully saturated rings. The third kappa shape index (κ3) is 4.35. The van der Waals surface area contributed by atoms with Gasteiger partial charge in [-0.3, -0.25) is 0 Å². The Morgan fingerprint density at radius 1 is 1.44 bits per heavy atom. The molecule has 0 aliphatic heterocycles. The zero-order chi connectivity index (χ0) is 12.0. The van der Waals surface area contributed by atoms with Crippen molar-refractivity contribution in [2.75, 3.05) is 33.4 Å². The maximum Gasteiger partial charge on any atom is 0.138 e. The molecule has 0 spiro atoms. The highest BCUT2D eigenvalue weighted by molar-refractivity contribution is 6.32. The van der Waals surface area contributed by atoms with Gasteiger partial charge in [-0.2, -0.15) is 0 Å². The van der Waals surface area contributed by atoms with E-state index in [4.69, 9.17) is 21.4 Å². The molecule has 0 bridgehead atoms. The van der Waals surface area contributed by atoms with Crippen LogP contribution < -0.4 is 4.74 Å². The van der Waals surface area contributed by atoms with Crippen LogP contribution >= 0.6 is 11.6 Å². The van der Waals surface area contributed by atoms with Crippen LogP contribution in [0.3, 0.4) is 0 Å². The van der Waals surface area contributed by atoms with Gasteiger partial charge in [-0.05, 0) is 25.2 Å². The summed E-state index contributed by atoms with van der Waals surface area (Å²) in [7, 11) is 1.88. The molecule has 1 N–H and O–H groups in total. The first kappa shape index (κ1) is 13.2. The summed E-state index contributed by atoms with van der Waals surface area (Å²) < 4.78 is 18.1. The molecule has 0 radical (unpaired) electrons. The van der Waals surface area contributed by atoms with E-state index < -0.39 is 0 Å². The second-order valence-electron chi connectivity index (χ2n) is 3.45. The molecule has 0 aliphatic rings. The Morgan fingerprint density at radius 2 is 2.19 bits per heavy atom. The van der Waals surface area contributed by atoms with E-state index in [1.54, 1.807) is 0 Å². The van der Waals surface area contributed by atoms with Crippen LogP contribution in [0, 0.1) is 5.82 Å². The maximum atomic E-state index is 12.7. The summed E-state index contributed by atoms with van der Waals surface area (Å²) in [4.78, 5) is 1.93. The van der Waals surface area contributed by atoms with Crippen molar-refractivity contribution in [3.8, 4) is 5.75 Å². The molecule has 0 saturated carbocycles. The van der Waals surface area contributed by atoms with Gasteiger partial charge in [0.05, 0.1) is 11.6 Å². The van der Waals surface area contributed by atoms with E-state index in [0.29, 0.717) is 25.4 Å². The summed E-state index contributed by atoms with van der Waals surface area (Å²) in [5.41, 5.74) is 0. The van der Waals surface area contributed by atoms with Crippen LogP contribution in [0.5, 0.6) is 5.75 Å². The molecule has 0 saturated heterocycles. The van der Waals surface area contributed by atoms with Crippen molar-refractivity contribution >= 4 is 11.6 Å². The molecule has 0 aliphatic carbocycles. The number of hydrogen-bond acceptors (Lipinski definition) is 3. The van der Waals surface area contributed by atoms with E-state index in [9.17, 15) is 4.39 Å². The minimum atomic E-state index is -0.380. The third-order valence-electron chi connectivity index (χ3n) is 2.11. The van der Waals surface area contributed by atoms with Crippen molar-refractivity contribution in [1.29, 1.82) is 0 Å². The highest BCUT2D eigenvalue weighted by Crippen LogP contribution is 2.24. The van der Waals surface area contributed by atoms with E-state index in [2.05, 4.69) is 0 Å². The molecule has 0 amide bonds. The lowest BCUT2D eigenvalue weighted by Gasteiger charge is -2.15.